The minimum absolute atomic E-state index is 0.0859. The highest BCUT2D eigenvalue weighted by molar-refractivity contribution is 5.84. The first-order chi connectivity index (χ1) is 9.70. The summed E-state index contributed by atoms with van der Waals surface area (Å²) < 4.78 is 38.5. The quantitative estimate of drug-likeness (QED) is 0.765. The van der Waals surface area contributed by atoms with E-state index in [1.165, 1.54) is 0 Å². The van der Waals surface area contributed by atoms with Crippen molar-refractivity contribution in [3.8, 4) is 0 Å². The summed E-state index contributed by atoms with van der Waals surface area (Å²) in [5.74, 6) is -6.52. The number of aliphatic carboxylic acids is 1. The molecule has 2 rings (SSSR count). The second-order valence-corrected chi connectivity index (χ2v) is 5.38. The van der Waals surface area contributed by atoms with Crippen molar-refractivity contribution in [2.24, 2.45) is 17.8 Å². The molecule has 0 radical (unpaired) electrons. The van der Waals surface area contributed by atoms with Gasteiger partial charge in [0.05, 0.1) is 17.8 Å². The maximum absolute atomic E-state index is 12.8. The van der Waals surface area contributed by atoms with Crippen LogP contribution in [0.2, 0.25) is 0 Å². The monoisotopic (exact) mass is 308 g/mol. The number of likely N-dealkylation sites (tertiary alicyclic amines) is 1. The number of carbonyl (C=O) groups excluding carboxylic acids is 2. The Labute approximate surface area is 118 Å². The number of carbonyl (C=O) groups is 3. The third kappa shape index (κ3) is 3.27. The summed E-state index contributed by atoms with van der Waals surface area (Å²) in [7, 11) is 0. The molecule has 1 unspecified atom stereocenters. The van der Waals surface area contributed by atoms with Crippen molar-refractivity contribution < 1.29 is 32.7 Å². The molecule has 2 N–H and O–H groups in total. The average molecular weight is 308 g/mol. The molecule has 0 aromatic rings. The van der Waals surface area contributed by atoms with Gasteiger partial charge in [0, 0.05) is 26.1 Å². The Hall–Kier alpha value is -1.80. The molecule has 0 aromatic carbocycles. The summed E-state index contributed by atoms with van der Waals surface area (Å²) in [5, 5.41) is 11.4. The van der Waals surface area contributed by atoms with E-state index in [1.807, 2.05) is 0 Å². The molecule has 21 heavy (non-hydrogen) atoms. The molecular formula is C12H15F3N2O4. The van der Waals surface area contributed by atoms with Crippen LogP contribution in [0.4, 0.5) is 13.2 Å². The van der Waals surface area contributed by atoms with Gasteiger partial charge < -0.3 is 15.3 Å². The van der Waals surface area contributed by atoms with E-state index in [2.05, 4.69) is 5.32 Å². The zero-order chi connectivity index (χ0) is 15.8. The van der Waals surface area contributed by atoms with Gasteiger partial charge in [0.15, 0.2) is 0 Å². The number of piperidine rings is 1. The molecule has 0 spiro atoms. The van der Waals surface area contributed by atoms with Gasteiger partial charge in [-0.25, -0.2) is 0 Å². The molecule has 9 heteroatoms. The van der Waals surface area contributed by atoms with E-state index in [0.717, 1.165) is 4.90 Å². The molecule has 2 aliphatic heterocycles. The van der Waals surface area contributed by atoms with Crippen LogP contribution >= 0.6 is 0 Å². The summed E-state index contributed by atoms with van der Waals surface area (Å²) >= 11 is 0. The third-order valence-electron chi connectivity index (χ3n) is 3.98. The van der Waals surface area contributed by atoms with Crippen molar-refractivity contribution in [1.29, 1.82) is 0 Å². The van der Waals surface area contributed by atoms with Gasteiger partial charge in [-0.3, -0.25) is 14.4 Å². The molecule has 3 atom stereocenters. The van der Waals surface area contributed by atoms with Crippen LogP contribution in [0.3, 0.4) is 0 Å². The molecule has 118 valence electrons. The lowest BCUT2D eigenvalue weighted by Crippen LogP contribution is -2.44. The van der Waals surface area contributed by atoms with E-state index < -0.39 is 48.9 Å². The molecule has 2 heterocycles. The molecule has 2 fully saturated rings. The van der Waals surface area contributed by atoms with Crippen LogP contribution in [0, 0.1) is 17.8 Å². The van der Waals surface area contributed by atoms with Crippen LogP contribution in [-0.2, 0) is 14.4 Å². The van der Waals surface area contributed by atoms with E-state index >= 15 is 0 Å². The van der Waals surface area contributed by atoms with Crippen LogP contribution in [0.5, 0.6) is 0 Å². The van der Waals surface area contributed by atoms with Crippen LogP contribution in [0.1, 0.15) is 12.8 Å². The lowest BCUT2D eigenvalue weighted by molar-refractivity contribution is -0.188. The van der Waals surface area contributed by atoms with Crippen LogP contribution in [0.25, 0.3) is 0 Å². The van der Waals surface area contributed by atoms with E-state index in [9.17, 15) is 27.6 Å². The minimum Gasteiger partial charge on any atom is -0.481 e. The minimum atomic E-state index is -4.65. The maximum Gasteiger partial charge on any atom is 0.394 e. The Morgan fingerprint density at radius 3 is 2.38 bits per heavy atom. The molecular weight excluding hydrogens is 293 g/mol. The van der Waals surface area contributed by atoms with Gasteiger partial charge in [0.25, 0.3) is 0 Å². The number of alkyl halides is 3. The zero-order valence-corrected chi connectivity index (χ0v) is 11.0. The fourth-order valence-electron chi connectivity index (χ4n) is 2.77. The van der Waals surface area contributed by atoms with Gasteiger partial charge in [0.2, 0.25) is 11.8 Å². The first kappa shape index (κ1) is 15.6. The summed E-state index contributed by atoms with van der Waals surface area (Å²) in [4.78, 5) is 35.1. The standard InChI is InChI=1S/C12H15F3N2O4/c13-12(14,15)8-5-17(4-7(8)11(20)21)10(19)6-1-2-9(18)16-3-6/h6-8H,1-5H2,(H,16,18)(H,20,21)/t6?,7-,8-/m1/s1. The van der Waals surface area contributed by atoms with E-state index in [-0.39, 0.29) is 25.3 Å². The molecule has 0 bridgehead atoms. The first-order valence-corrected chi connectivity index (χ1v) is 6.55. The largest absolute Gasteiger partial charge is 0.481 e. The lowest BCUT2D eigenvalue weighted by atomic mass is 9.96. The predicted octanol–water partition coefficient (Wildman–Crippen LogP) is 0.234. The second-order valence-electron chi connectivity index (χ2n) is 5.38. The highest BCUT2D eigenvalue weighted by Gasteiger charge is 2.54. The number of halogens is 3. The number of hydrogen-bond donors (Lipinski definition) is 2. The Kier molecular flexibility index (Phi) is 4.11. The molecule has 2 aliphatic rings. The number of nitrogens with zero attached hydrogens (tertiary/aromatic N) is 1. The van der Waals surface area contributed by atoms with Crippen molar-refractivity contribution >= 4 is 17.8 Å². The molecule has 0 saturated carbocycles. The number of amides is 2. The predicted molar refractivity (Wildman–Crippen MR) is 63.0 cm³/mol. The topological polar surface area (TPSA) is 86.7 Å². The van der Waals surface area contributed by atoms with Crippen molar-refractivity contribution in [3.63, 3.8) is 0 Å². The van der Waals surface area contributed by atoms with E-state index in [4.69, 9.17) is 5.11 Å². The van der Waals surface area contributed by atoms with Gasteiger partial charge in [0.1, 0.15) is 0 Å². The maximum atomic E-state index is 12.8. The molecule has 0 aliphatic carbocycles. The smallest absolute Gasteiger partial charge is 0.394 e. The lowest BCUT2D eigenvalue weighted by Gasteiger charge is -2.26. The number of hydrogen-bond acceptors (Lipinski definition) is 3. The average Bonchev–Trinajstić information content (AvgIpc) is 2.84. The Morgan fingerprint density at radius 2 is 1.95 bits per heavy atom. The molecule has 6 nitrogen and oxygen atoms in total. The summed E-state index contributed by atoms with van der Waals surface area (Å²) in [6, 6.07) is 0. The van der Waals surface area contributed by atoms with Gasteiger partial charge in [-0.05, 0) is 6.42 Å². The summed E-state index contributed by atoms with van der Waals surface area (Å²) in [5.41, 5.74) is 0. The van der Waals surface area contributed by atoms with Crippen LogP contribution in [-0.4, -0.2) is 53.6 Å². The van der Waals surface area contributed by atoms with Gasteiger partial charge in [-0.15, -0.1) is 0 Å². The fraction of sp³-hybridized carbons (Fsp3) is 0.750. The van der Waals surface area contributed by atoms with Gasteiger partial charge in [-0.2, -0.15) is 13.2 Å². The highest BCUT2D eigenvalue weighted by Crippen LogP contribution is 2.38. The van der Waals surface area contributed by atoms with Crippen molar-refractivity contribution in [3.05, 3.63) is 0 Å². The van der Waals surface area contributed by atoms with Gasteiger partial charge in [-0.1, -0.05) is 0 Å². The Balaban J connectivity index is 2.06. The number of rotatable bonds is 2. The van der Waals surface area contributed by atoms with Crippen molar-refractivity contribution in [2.45, 2.75) is 19.0 Å². The zero-order valence-electron chi connectivity index (χ0n) is 11.0. The van der Waals surface area contributed by atoms with Crippen LogP contribution < -0.4 is 5.32 Å². The Bertz CT molecular complexity index is 456. The number of nitrogens with one attached hydrogen (secondary N) is 1. The normalized spacial score (nSPS) is 30.1. The van der Waals surface area contributed by atoms with Gasteiger partial charge >= 0.3 is 12.1 Å². The molecule has 0 aromatic heterocycles. The van der Waals surface area contributed by atoms with Crippen LogP contribution in [0.15, 0.2) is 0 Å². The molecule has 2 saturated heterocycles. The SMILES string of the molecule is O=C1CCC(C(=O)N2C[C@@H](C(F)(F)F)[C@H](C(=O)O)C2)CN1. The second kappa shape index (κ2) is 5.53. The third-order valence-corrected chi connectivity index (χ3v) is 3.98. The van der Waals surface area contributed by atoms with Crippen molar-refractivity contribution in [1.82, 2.24) is 10.2 Å². The Morgan fingerprint density at radius 1 is 1.29 bits per heavy atom. The summed E-state index contributed by atoms with van der Waals surface area (Å²) in [6.07, 6.45) is -4.23. The first-order valence-electron chi connectivity index (χ1n) is 6.55. The highest BCUT2D eigenvalue weighted by atomic mass is 19.4. The van der Waals surface area contributed by atoms with Crippen molar-refractivity contribution in [2.75, 3.05) is 19.6 Å². The van der Waals surface area contributed by atoms with E-state index in [0.29, 0.717) is 0 Å². The molecule has 2 amide bonds. The number of carboxylic acid groups (broad SMARTS) is 1. The summed E-state index contributed by atoms with van der Waals surface area (Å²) in [6.45, 7) is -0.991. The fourth-order valence-corrected chi connectivity index (χ4v) is 2.77. The van der Waals surface area contributed by atoms with E-state index in [1.54, 1.807) is 0 Å². The number of carboxylic acids is 1.